The van der Waals surface area contributed by atoms with Crippen LogP contribution in [0.4, 0.5) is 0 Å². The summed E-state index contributed by atoms with van der Waals surface area (Å²) >= 11 is 0. The van der Waals surface area contributed by atoms with Crippen molar-refractivity contribution in [3.8, 4) is 0 Å². The van der Waals surface area contributed by atoms with Gasteiger partial charge < -0.3 is 4.84 Å². The fourth-order valence-electron chi connectivity index (χ4n) is 0.796. The maximum atomic E-state index is 10.7. The number of hydrogen-bond donors (Lipinski definition) is 1. The molecule has 0 unspecified atom stereocenters. The lowest BCUT2D eigenvalue weighted by Crippen LogP contribution is -2.16. The Morgan fingerprint density at radius 2 is 2.00 bits per heavy atom. The summed E-state index contributed by atoms with van der Waals surface area (Å²) in [6.45, 7) is 9.60. The highest BCUT2D eigenvalue weighted by molar-refractivity contribution is 5.87. The first-order valence-electron chi connectivity index (χ1n) is 3.45. The van der Waals surface area contributed by atoms with Crippen molar-refractivity contribution in [1.29, 1.82) is 0 Å². The molecule has 0 aliphatic rings. The summed E-state index contributed by atoms with van der Waals surface area (Å²) in [4.78, 5) is 14.8. The molecule has 11 heavy (non-hydrogen) atoms. The second-order valence-corrected chi connectivity index (χ2v) is 3.75. The number of rotatable bonds is 2. The zero-order valence-electron chi connectivity index (χ0n) is 7.31. The Kier molecular flexibility index (Phi) is 3.26. The van der Waals surface area contributed by atoms with Gasteiger partial charge in [0.05, 0.1) is 0 Å². The largest absolute Gasteiger partial charge is 0.370 e. The molecule has 64 valence electrons. The molecule has 0 spiro atoms. The molecular weight excluding hydrogens is 142 g/mol. The van der Waals surface area contributed by atoms with Crippen LogP contribution in [0.1, 0.15) is 27.2 Å². The topological polar surface area (TPSA) is 52.3 Å². The Labute approximate surface area is 67.2 Å². The maximum absolute atomic E-state index is 10.7. The van der Waals surface area contributed by atoms with Crippen LogP contribution in [0, 0.1) is 5.41 Å². The molecular formula is C8H15NO2. The van der Waals surface area contributed by atoms with Crippen molar-refractivity contribution >= 4 is 5.97 Å². The Bertz CT molecular complexity index is 167. The van der Waals surface area contributed by atoms with Crippen molar-refractivity contribution in [1.82, 2.24) is 0 Å². The molecule has 0 saturated heterocycles. The normalized spacial score (nSPS) is 10.9. The van der Waals surface area contributed by atoms with Gasteiger partial charge >= 0.3 is 5.97 Å². The van der Waals surface area contributed by atoms with E-state index in [4.69, 9.17) is 0 Å². The molecule has 0 rings (SSSR count). The van der Waals surface area contributed by atoms with Gasteiger partial charge in [0, 0.05) is 5.57 Å². The third-order valence-electron chi connectivity index (χ3n) is 1.14. The number of carbonyl (C=O) groups excluding carboxylic acids is 1. The second kappa shape index (κ2) is 3.53. The minimum atomic E-state index is -0.528. The Morgan fingerprint density at radius 1 is 1.55 bits per heavy atom. The Morgan fingerprint density at radius 3 is 2.27 bits per heavy atom. The molecule has 3 nitrogen and oxygen atoms in total. The summed E-state index contributed by atoms with van der Waals surface area (Å²) in [6.07, 6.45) is 0.600. The third-order valence-corrected chi connectivity index (χ3v) is 1.14. The van der Waals surface area contributed by atoms with Gasteiger partial charge in [-0.15, -0.1) is 0 Å². The first kappa shape index (κ1) is 10.2. The van der Waals surface area contributed by atoms with Crippen molar-refractivity contribution < 1.29 is 9.63 Å². The molecule has 0 aromatic heterocycles. The summed E-state index contributed by atoms with van der Waals surface area (Å²) in [5, 5.41) is 0. The highest BCUT2D eigenvalue weighted by atomic mass is 16.7. The van der Waals surface area contributed by atoms with E-state index in [2.05, 4.69) is 17.3 Å². The van der Waals surface area contributed by atoms with Gasteiger partial charge in [0.15, 0.2) is 0 Å². The summed E-state index contributed by atoms with van der Waals surface area (Å²) in [5.74, 6) is 4.15. The molecule has 0 radical (unpaired) electrons. The predicted molar refractivity (Wildman–Crippen MR) is 43.5 cm³/mol. The molecule has 0 aromatic carbocycles. The van der Waals surface area contributed by atoms with E-state index in [1.807, 2.05) is 20.8 Å². The lowest BCUT2D eigenvalue weighted by Gasteiger charge is -2.17. The van der Waals surface area contributed by atoms with Gasteiger partial charge in [-0.1, -0.05) is 27.4 Å². The van der Waals surface area contributed by atoms with Crippen molar-refractivity contribution in [3.63, 3.8) is 0 Å². The van der Waals surface area contributed by atoms with E-state index in [1.54, 1.807) is 0 Å². The van der Waals surface area contributed by atoms with Crippen LogP contribution in [0.25, 0.3) is 0 Å². The molecule has 0 fully saturated rings. The van der Waals surface area contributed by atoms with Crippen molar-refractivity contribution in [2.24, 2.45) is 11.3 Å². The average Bonchev–Trinajstić information content (AvgIpc) is 1.82. The van der Waals surface area contributed by atoms with E-state index in [1.165, 1.54) is 0 Å². The van der Waals surface area contributed by atoms with Crippen molar-refractivity contribution in [2.75, 3.05) is 0 Å². The molecule has 0 heterocycles. The van der Waals surface area contributed by atoms with E-state index < -0.39 is 5.97 Å². The second-order valence-electron chi connectivity index (χ2n) is 3.75. The molecule has 2 N–H and O–H groups in total. The van der Waals surface area contributed by atoms with E-state index in [-0.39, 0.29) is 5.41 Å². The summed E-state index contributed by atoms with van der Waals surface area (Å²) in [7, 11) is 0. The first-order valence-corrected chi connectivity index (χ1v) is 3.45. The van der Waals surface area contributed by atoms with Crippen LogP contribution in [0.2, 0.25) is 0 Å². The lowest BCUT2D eigenvalue weighted by molar-refractivity contribution is -0.139. The smallest absolute Gasteiger partial charge is 0.351 e. The number of nitrogens with two attached hydrogens (primary N) is 1. The Balaban J connectivity index is 3.99. The standard InChI is InChI=1S/C8H15NO2/c1-6(7(10)11-9)5-8(2,3)4/h1,5,9H2,2-4H3. The molecule has 0 bridgehead atoms. The number of hydrogen-bond acceptors (Lipinski definition) is 3. The highest BCUT2D eigenvalue weighted by Crippen LogP contribution is 2.23. The van der Waals surface area contributed by atoms with Crippen LogP contribution in [0.5, 0.6) is 0 Å². The lowest BCUT2D eigenvalue weighted by atomic mass is 9.88. The predicted octanol–water partition coefficient (Wildman–Crippen LogP) is 1.40. The summed E-state index contributed by atoms with van der Waals surface area (Å²) in [5.41, 5.74) is 0.464. The third kappa shape index (κ3) is 4.56. The molecule has 0 saturated carbocycles. The minimum Gasteiger partial charge on any atom is -0.370 e. The van der Waals surface area contributed by atoms with Crippen LogP contribution in [-0.4, -0.2) is 5.97 Å². The van der Waals surface area contributed by atoms with Gasteiger partial charge in [-0.05, 0) is 11.8 Å². The highest BCUT2D eigenvalue weighted by Gasteiger charge is 2.16. The molecule has 0 amide bonds. The van der Waals surface area contributed by atoms with Crippen LogP contribution in [0.15, 0.2) is 12.2 Å². The van der Waals surface area contributed by atoms with E-state index in [9.17, 15) is 4.79 Å². The minimum absolute atomic E-state index is 0.0469. The summed E-state index contributed by atoms with van der Waals surface area (Å²) < 4.78 is 0. The first-order chi connectivity index (χ1) is 4.87. The summed E-state index contributed by atoms with van der Waals surface area (Å²) in [6, 6.07) is 0. The number of carbonyl (C=O) groups is 1. The quantitative estimate of drug-likeness (QED) is 0.487. The van der Waals surface area contributed by atoms with Crippen LogP contribution in [0.3, 0.4) is 0 Å². The van der Waals surface area contributed by atoms with E-state index in [0.717, 1.165) is 0 Å². The van der Waals surface area contributed by atoms with Gasteiger partial charge in [0.25, 0.3) is 0 Å². The van der Waals surface area contributed by atoms with Gasteiger partial charge in [0.1, 0.15) is 0 Å². The average molecular weight is 157 g/mol. The molecule has 0 aliphatic heterocycles. The zero-order chi connectivity index (χ0) is 9.07. The van der Waals surface area contributed by atoms with E-state index in [0.29, 0.717) is 12.0 Å². The molecule has 0 aromatic rings. The SMILES string of the molecule is C=C(CC(C)(C)C)C(=O)ON. The van der Waals surface area contributed by atoms with Gasteiger partial charge in [-0.25, -0.2) is 4.79 Å². The monoisotopic (exact) mass is 157 g/mol. The van der Waals surface area contributed by atoms with Crippen molar-refractivity contribution in [2.45, 2.75) is 27.2 Å². The fraction of sp³-hybridized carbons (Fsp3) is 0.625. The van der Waals surface area contributed by atoms with Crippen LogP contribution in [-0.2, 0) is 9.63 Å². The van der Waals surface area contributed by atoms with Gasteiger partial charge in [0.2, 0.25) is 0 Å². The fourth-order valence-corrected chi connectivity index (χ4v) is 0.796. The van der Waals surface area contributed by atoms with Crippen LogP contribution < -0.4 is 5.90 Å². The van der Waals surface area contributed by atoms with Crippen molar-refractivity contribution in [3.05, 3.63) is 12.2 Å². The van der Waals surface area contributed by atoms with E-state index >= 15 is 0 Å². The van der Waals surface area contributed by atoms with Crippen LogP contribution >= 0.6 is 0 Å². The van der Waals surface area contributed by atoms with Gasteiger partial charge in [-0.3, -0.25) is 0 Å². The molecule has 0 atom stereocenters. The maximum Gasteiger partial charge on any atom is 0.351 e. The molecule has 0 aliphatic carbocycles. The molecule has 3 heteroatoms. The Hall–Kier alpha value is -0.830. The zero-order valence-corrected chi connectivity index (χ0v) is 7.31. The van der Waals surface area contributed by atoms with Gasteiger partial charge in [-0.2, -0.15) is 5.90 Å².